The summed E-state index contributed by atoms with van der Waals surface area (Å²) in [5.41, 5.74) is 2.37. The van der Waals surface area contributed by atoms with E-state index in [-0.39, 0.29) is 5.91 Å². The van der Waals surface area contributed by atoms with Crippen molar-refractivity contribution in [1.29, 1.82) is 0 Å². The van der Waals surface area contributed by atoms with Gasteiger partial charge in [0.2, 0.25) is 0 Å². The maximum atomic E-state index is 12.3. The summed E-state index contributed by atoms with van der Waals surface area (Å²) >= 11 is 3.01. The van der Waals surface area contributed by atoms with Crippen LogP contribution >= 0.6 is 23.1 Å². The van der Waals surface area contributed by atoms with Crippen molar-refractivity contribution in [3.63, 3.8) is 0 Å². The predicted molar refractivity (Wildman–Crippen MR) is 91.5 cm³/mol. The molecule has 0 aliphatic carbocycles. The first kappa shape index (κ1) is 14.7. The fourth-order valence-electron chi connectivity index (χ4n) is 1.91. The van der Waals surface area contributed by atoms with Crippen LogP contribution in [-0.4, -0.2) is 22.1 Å². The number of anilines is 1. The van der Waals surface area contributed by atoms with E-state index < -0.39 is 0 Å². The molecule has 4 nitrogen and oxygen atoms in total. The van der Waals surface area contributed by atoms with Crippen molar-refractivity contribution in [2.24, 2.45) is 0 Å². The van der Waals surface area contributed by atoms with Gasteiger partial charge in [-0.3, -0.25) is 15.1 Å². The van der Waals surface area contributed by atoms with Gasteiger partial charge in [0.1, 0.15) is 0 Å². The Morgan fingerprint density at radius 2 is 2.18 bits per heavy atom. The molecule has 0 radical (unpaired) electrons. The first-order valence-electron chi connectivity index (χ1n) is 6.57. The fraction of sp³-hybridized carbons (Fsp3) is 0.0625. The standard InChI is InChI=1S/C16H13N3OS2/c1-21-13-6-2-4-11(8-13)15(20)19-16-18-14(10-22-16)12-5-3-7-17-9-12/h2-10H,1H3,(H,18,19,20). The van der Waals surface area contributed by atoms with Crippen LogP contribution in [0.1, 0.15) is 10.4 Å². The molecule has 0 bridgehead atoms. The molecule has 1 N–H and O–H groups in total. The molecule has 6 heteroatoms. The Kier molecular flexibility index (Phi) is 4.50. The molecule has 2 heterocycles. The molecular weight excluding hydrogens is 314 g/mol. The summed E-state index contributed by atoms with van der Waals surface area (Å²) in [4.78, 5) is 21.8. The number of amides is 1. The summed E-state index contributed by atoms with van der Waals surface area (Å²) in [5.74, 6) is -0.150. The number of pyridine rings is 1. The van der Waals surface area contributed by atoms with E-state index in [0.717, 1.165) is 16.2 Å². The van der Waals surface area contributed by atoms with Crippen molar-refractivity contribution in [2.45, 2.75) is 4.90 Å². The van der Waals surface area contributed by atoms with Crippen molar-refractivity contribution in [3.8, 4) is 11.3 Å². The Hall–Kier alpha value is -2.18. The predicted octanol–water partition coefficient (Wildman–Crippen LogP) is 4.18. The van der Waals surface area contributed by atoms with Crippen LogP contribution in [0, 0.1) is 0 Å². The van der Waals surface area contributed by atoms with Crippen LogP contribution < -0.4 is 5.32 Å². The van der Waals surface area contributed by atoms with Crippen molar-refractivity contribution >= 4 is 34.1 Å². The van der Waals surface area contributed by atoms with E-state index in [1.807, 2.05) is 42.0 Å². The van der Waals surface area contributed by atoms with Crippen LogP contribution in [0.25, 0.3) is 11.3 Å². The molecule has 3 aromatic rings. The van der Waals surface area contributed by atoms with Crippen LogP contribution in [-0.2, 0) is 0 Å². The van der Waals surface area contributed by atoms with Crippen molar-refractivity contribution in [1.82, 2.24) is 9.97 Å². The number of rotatable bonds is 4. The third kappa shape index (κ3) is 3.35. The molecule has 1 aromatic carbocycles. The molecular formula is C16H13N3OS2. The van der Waals surface area contributed by atoms with Crippen LogP contribution in [0.4, 0.5) is 5.13 Å². The van der Waals surface area contributed by atoms with Crippen LogP contribution in [0.15, 0.2) is 59.1 Å². The molecule has 3 rings (SSSR count). The molecule has 0 fully saturated rings. The minimum absolute atomic E-state index is 0.150. The highest BCUT2D eigenvalue weighted by Crippen LogP contribution is 2.24. The van der Waals surface area contributed by atoms with Gasteiger partial charge in [0.05, 0.1) is 5.69 Å². The summed E-state index contributed by atoms with van der Waals surface area (Å²) in [5, 5.41) is 5.33. The highest BCUT2D eigenvalue weighted by Gasteiger charge is 2.10. The number of hydrogen-bond donors (Lipinski definition) is 1. The maximum absolute atomic E-state index is 12.3. The second-order valence-corrected chi connectivity index (χ2v) is 6.20. The average molecular weight is 327 g/mol. The number of nitrogens with zero attached hydrogens (tertiary/aromatic N) is 2. The molecule has 2 aromatic heterocycles. The second kappa shape index (κ2) is 6.72. The van der Waals surface area contributed by atoms with Gasteiger partial charge >= 0.3 is 0 Å². The summed E-state index contributed by atoms with van der Waals surface area (Å²) in [6, 6.07) is 11.3. The van der Waals surface area contributed by atoms with Crippen molar-refractivity contribution in [2.75, 3.05) is 11.6 Å². The van der Waals surface area contributed by atoms with E-state index in [1.165, 1.54) is 11.3 Å². The van der Waals surface area contributed by atoms with Gasteiger partial charge in [0.25, 0.3) is 5.91 Å². The molecule has 0 aliphatic rings. The molecule has 0 saturated carbocycles. The molecule has 1 amide bonds. The zero-order chi connectivity index (χ0) is 15.4. The molecule has 22 heavy (non-hydrogen) atoms. The Bertz CT molecular complexity index is 787. The van der Waals surface area contributed by atoms with E-state index in [4.69, 9.17) is 0 Å². The van der Waals surface area contributed by atoms with E-state index in [0.29, 0.717) is 10.7 Å². The van der Waals surface area contributed by atoms with Gasteiger partial charge in [-0.1, -0.05) is 6.07 Å². The molecule has 0 aliphatic heterocycles. The minimum atomic E-state index is -0.150. The lowest BCUT2D eigenvalue weighted by Gasteiger charge is -2.03. The summed E-state index contributed by atoms with van der Waals surface area (Å²) in [6.07, 6.45) is 5.46. The number of nitrogens with one attached hydrogen (secondary N) is 1. The van der Waals surface area contributed by atoms with E-state index in [1.54, 1.807) is 30.2 Å². The number of carbonyl (C=O) groups excluding carboxylic acids is 1. The van der Waals surface area contributed by atoms with E-state index in [9.17, 15) is 4.79 Å². The highest BCUT2D eigenvalue weighted by molar-refractivity contribution is 7.98. The largest absolute Gasteiger partial charge is 0.298 e. The molecule has 110 valence electrons. The minimum Gasteiger partial charge on any atom is -0.298 e. The smallest absolute Gasteiger partial charge is 0.257 e. The van der Waals surface area contributed by atoms with Crippen LogP contribution in [0.3, 0.4) is 0 Å². The topological polar surface area (TPSA) is 54.9 Å². The third-order valence-corrected chi connectivity index (χ3v) is 4.50. The summed E-state index contributed by atoms with van der Waals surface area (Å²) < 4.78 is 0. The molecule has 0 spiro atoms. The molecule has 0 saturated heterocycles. The Balaban J connectivity index is 1.76. The highest BCUT2D eigenvalue weighted by atomic mass is 32.2. The molecule has 0 atom stereocenters. The zero-order valence-electron chi connectivity index (χ0n) is 11.8. The van der Waals surface area contributed by atoms with Gasteiger partial charge in [-0.2, -0.15) is 0 Å². The van der Waals surface area contributed by atoms with Gasteiger partial charge in [0.15, 0.2) is 5.13 Å². The summed E-state index contributed by atoms with van der Waals surface area (Å²) in [7, 11) is 0. The Morgan fingerprint density at radius 1 is 1.27 bits per heavy atom. The van der Waals surface area contributed by atoms with Gasteiger partial charge in [-0.15, -0.1) is 23.1 Å². The number of carbonyl (C=O) groups is 1. The Morgan fingerprint density at radius 3 is 2.95 bits per heavy atom. The number of benzene rings is 1. The zero-order valence-corrected chi connectivity index (χ0v) is 13.4. The van der Waals surface area contributed by atoms with Crippen molar-refractivity contribution < 1.29 is 4.79 Å². The van der Waals surface area contributed by atoms with Crippen molar-refractivity contribution in [3.05, 3.63) is 59.7 Å². The SMILES string of the molecule is CSc1cccc(C(=O)Nc2nc(-c3cccnc3)cs2)c1. The average Bonchev–Trinajstić information content (AvgIpc) is 3.04. The number of thioether (sulfide) groups is 1. The lowest BCUT2D eigenvalue weighted by atomic mass is 10.2. The van der Waals surface area contributed by atoms with Gasteiger partial charge in [-0.25, -0.2) is 4.98 Å². The third-order valence-electron chi connectivity index (χ3n) is 3.01. The summed E-state index contributed by atoms with van der Waals surface area (Å²) in [6.45, 7) is 0. The normalized spacial score (nSPS) is 10.4. The van der Waals surface area contributed by atoms with Crippen LogP contribution in [0.5, 0.6) is 0 Å². The first-order valence-corrected chi connectivity index (χ1v) is 8.68. The fourth-order valence-corrected chi connectivity index (χ4v) is 3.09. The maximum Gasteiger partial charge on any atom is 0.257 e. The number of thiazole rings is 1. The Labute approximate surface area is 136 Å². The second-order valence-electron chi connectivity index (χ2n) is 4.47. The lowest BCUT2D eigenvalue weighted by Crippen LogP contribution is -2.11. The molecule has 0 unspecified atom stereocenters. The lowest BCUT2D eigenvalue weighted by molar-refractivity contribution is 0.102. The van der Waals surface area contributed by atoms with E-state index >= 15 is 0 Å². The van der Waals surface area contributed by atoms with Crippen LogP contribution in [0.2, 0.25) is 0 Å². The van der Waals surface area contributed by atoms with Gasteiger partial charge in [0, 0.05) is 33.8 Å². The monoisotopic (exact) mass is 327 g/mol. The number of hydrogen-bond acceptors (Lipinski definition) is 5. The first-order chi connectivity index (χ1) is 10.8. The number of aromatic nitrogens is 2. The van der Waals surface area contributed by atoms with Gasteiger partial charge in [-0.05, 0) is 36.6 Å². The van der Waals surface area contributed by atoms with E-state index in [2.05, 4.69) is 15.3 Å². The van der Waals surface area contributed by atoms with Gasteiger partial charge < -0.3 is 0 Å². The quantitative estimate of drug-likeness (QED) is 0.730.